The Balaban J connectivity index is 2.70. The Bertz CT molecular complexity index is 357. The van der Waals surface area contributed by atoms with Crippen LogP contribution in [0.4, 0.5) is 0 Å². The molecule has 0 spiro atoms. The standard InChI is InChI=1S/C10H13NO4/c1-10(2,14)6-15-8-3-7(9(12)13)4-11-5-8/h3-5,14H,6H2,1-2H3,(H,12,13). The molecule has 0 amide bonds. The van der Waals surface area contributed by atoms with Crippen molar-refractivity contribution in [3.05, 3.63) is 24.0 Å². The monoisotopic (exact) mass is 211 g/mol. The van der Waals surface area contributed by atoms with E-state index in [-0.39, 0.29) is 12.2 Å². The second-order valence-corrected chi connectivity index (χ2v) is 3.82. The summed E-state index contributed by atoms with van der Waals surface area (Å²) in [5.74, 6) is -0.728. The number of carboxylic acid groups (broad SMARTS) is 1. The van der Waals surface area contributed by atoms with Gasteiger partial charge in [-0.25, -0.2) is 4.79 Å². The number of aliphatic hydroxyl groups is 1. The molecule has 0 atom stereocenters. The molecule has 0 aliphatic carbocycles. The second kappa shape index (κ2) is 4.27. The molecule has 0 aliphatic rings. The molecule has 0 unspecified atom stereocenters. The van der Waals surface area contributed by atoms with Gasteiger partial charge >= 0.3 is 5.97 Å². The molecule has 2 N–H and O–H groups in total. The van der Waals surface area contributed by atoms with Gasteiger partial charge in [-0.15, -0.1) is 0 Å². The van der Waals surface area contributed by atoms with Gasteiger partial charge in [0.05, 0.1) is 17.4 Å². The molecule has 0 radical (unpaired) electrons. The number of rotatable bonds is 4. The van der Waals surface area contributed by atoms with Crippen LogP contribution in [0.5, 0.6) is 5.75 Å². The fourth-order valence-corrected chi connectivity index (χ4v) is 0.875. The van der Waals surface area contributed by atoms with Crippen molar-refractivity contribution in [1.82, 2.24) is 4.98 Å². The SMILES string of the molecule is CC(C)(O)COc1cncc(C(=O)O)c1. The molecule has 5 nitrogen and oxygen atoms in total. The first-order chi connectivity index (χ1) is 6.88. The third-order valence-corrected chi connectivity index (χ3v) is 1.55. The van der Waals surface area contributed by atoms with Gasteiger partial charge < -0.3 is 14.9 Å². The molecule has 0 fully saturated rings. The van der Waals surface area contributed by atoms with Crippen molar-refractivity contribution < 1.29 is 19.7 Å². The highest BCUT2D eigenvalue weighted by molar-refractivity contribution is 5.87. The Kier molecular flexibility index (Phi) is 3.26. The first kappa shape index (κ1) is 11.5. The summed E-state index contributed by atoms with van der Waals surface area (Å²) in [4.78, 5) is 14.3. The molecule has 0 saturated carbocycles. The van der Waals surface area contributed by atoms with Gasteiger partial charge in [0.2, 0.25) is 0 Å². The van der Waals surface area contributed by atoms with E-state index in [0.29, 0.717) is 5.75 Å². The van der Waals surface area contributed by atoms with E-state index in [1.54, 1.807) is 13.8 Å². The van der Waals surface area contributed by atoms with Gasteiger partial charge in [0.25, 0.3) is 0 Å². The van der Waals surface area contributed by atoms with Crippen molar-refractivity contribution >= 4 is 5.97 Å². The van der Waals surface area contributed by atoms with Gasteiger partial charge in [0.15, 0.2) is 0 Å². The lowest BCUT2D eigenvalue weighted by atomic mass is 10.2. The molecule has 5 heteroatoms. The predicted octanol–water partition coefficient (Wildman–Crippen LogP) is 0.929. The molecular formula is C10H13NO4. The summed E-state index contributed by atoms with van der Waals surface area (Å²) in [6.07, 6.45) is 2.64. The Morgan fingerprint density at radius 3 is 2.73 bits per heavy atom. The molecular weight excluding hydrogens is 198 g/mol. The average Bonchev–Trinajstić information content (AvgIpc) is 2.14. The highest BCUT2D eigenvalue weighted by Crippen LogP contribution is 2.13. The molecule has 1 heterocycles. The quantitative estimate of drug-likeness (QED) is 0.774. The van der Waals surface area contributed by atoms with Crippen molar-refractivity contribution in [3.63, 3.8) is 0 Å². The van der Waals surface area contributed by atoms with Gasteiger partial charge in [-0.05, 0) is 19.9 Å². The van der Waals surface area contributed by atoms with E-state index in [9.17, 15) is 9.90 Å². The number of nitrogens with zero attached hydrogens (tertiary/aromatic N) is 1. The fraction of sp³-hybridized carbons (Fsp3) is 0.400. The Morgan fingerprint density at radius 1 is 1.53 bits per heavy atom. The summed E-state index contributed by atoms with van der Waals surface area (Å²) in [5, 5.41) is 18.1. The number of hydrogen-bond donors (Lipinski definition) is 2. The Morgan fingerprint density at radius 2 is 2.20 bits per heavy atom. The maximum absolute atomic E-state index is 10.6. The molecule has 0 bridgehead atoms. The van der Waals surface area contributed by atoms with Crippen LogP contribution in [0.3, 0.4) is 0 Å². The van der Waals surface area contributed by atoms with Crippen LogP contribution >= 0.6 is 0 Å². The van der Waals surface area contributed by atoms with E-state index >= 15 is 0 Å². The van der Waals surface area contributed by atoms with E-state index in [4.69, 9.17) is 9.84 Å². The molecule has 0 saturated heterocycles. The van der Waals surface area contributed by atoms with Gasteiger partial charge in [0, 0.05) is 6.20 Å². The number of carboxylic acids is 1. The molecule has 1 aromatic rings. The topological polar surface area (TPSA) is 79.7 Å². The van der Waals surface area contributed by atoms with Crippen LogP contribution in [-0.4, -0.2) is 33.4 Å². The molecule has 1 aromatic heterocycles. The normalized spacial score (nSPS) is 11.1. The molecule has 1 rings (SSSR count). The first-order valence-corrected chi connectivity index (χ1v) is 4.42. The van der Waals surface area contributed by atoms with Crippen LogP contribution in [0.1, 0.15) is 24.2 Å². The average molecular weight is 211 g/mol. The number of carbonyl (C=O) groups is 1. The number of pyridine rings is 1. The van der Waals surface area contributed by atoms with Crippen molar-refractivity contribution in [2.45, 2.75) is 19.4 Å². The van der Waals surface area contributed by atoms with E-state index in [2.05, 4.69) is 4.98 Å². The lowest BCUT2D eigenvalue weighted by Gasteiger charge is -2.17. The Labute approximate surface area is 87.3 Å². The number of ether oxygens (including phenoxy) is 1. The zero-order valence-corrected chi connectivity index (χ0v) is 8.60. The summed E-state index contributed by atoms with van der Waals surface area (Å²) in [5.41, 5.74) is -0.901. The summed E-state index contributed by atoms with van der Waals surface area (Å²) in [6.45, 7) is 3.28. The zero-order chi connectivity index (χ0) is 11.5. The third-order valence-electron chi connectivity index (χ3n) is 1.55. The van der Waals surface area contributed by atoms with Crippen LogP contribution < -0.4 is 4.74 Å². The van der Waals surface area contributed by atoms with Gasteiger partial charge in [-0.3, -0.25) is 4.98 Å². The lowest BCUT2D eigenvalue weighted by molar-refractivity contribution is 0.0283. The Hall–Kier alpha value is -1.62. The maximum atomic E-state index is 10.6. The highest BCUT2D eigenvalue weighted by atomic mass is 16.5. The minimum absolute atomic E-state index is 0.0586. The van der Waals surface area contributed by atoms with E-state index in [1.807, 2.05) is 0 Å². The van der Waals surface area contributed by atoms with Crippen molar-refractivity contribution in [2.75, 3.05) is 6.61 Å². The van der Waals surface area contributed by atoms with E-state index in [0.717, 1.165) is 0 Å². The second-order valence-electron chi connectivity index (χ2n) is 3.82. The maximum Gasteiger partial charge on any atom is 0.337 e. The lowest BCUT2D eigenvalue weighted by Crippen LogP contribution is -2.27. The van der Waals surface area contributed by atoms with Crippen LogP contribution in [0.25, 0.3) is 0 Å². The molecule has 15 heavy (non-hydrogen) atoms. The van der Waals surface area contributed by atoms with Gasteiger partial charge in [-0.1, -0.05) is 0 Å². The summed E-state index contributed by atoms with van der Waals surface area (Å²) in [6, 6.07) is 1.36. The van der Waals surface area contributed by atoms with Crippen LogP contribution in [-0.2, 0) is 0 Å². The van der Waals surface area contributed by atoms with E-state index in [1.165, 1.54) is 18.5 Å². The van der Waals surface area contributed by atoms with Crippen molar-refractivity contribution in [2.24, 2.45) is 0 Å². The number of aromatic nitrogens is 1. The van der Waals surface area contributed by atoms with Crippen LogP contribution in [0.2, 0.25) is 0 Å². The summed E-state index contributed by atoms with van der Waals surface area (Å²) >= 11 is 0. The third kappa shape index (κ3) is 3.95. The smallest absolute Gasteiger partial charge is 0.337 e. The predicted molar refractivity (Wildman–Crippen MR) is 53.0 cm³/mol. The van der Waals surface area contributed by atoms with E-state index < -0.39 is 11.6 Å². The number of aromatic carboxylic acids is 1. The molecule has 0 aromatic carbocycles. The summed E-state index contributed by atoms with van der Waals surface area (Å²) in [7, 11) is 0. The fourth-order valence-electron chi connectivity index (χ4n) is 0.875. The number of hydrogen-bond acceptors (Lipinski definition) is 4. The van der Waals surface area contributed by atoms with Crippen LogP contribution in [0.15, 0.2) is 18.5 Å². The van der Waals surface area contributed by atoms with Crippen LogP contribution in [0, 0.1) is 0 Å². The summed E-state index contributed by atoms with van der Waals surface area (Å²) < 4.78 is 5.19. The highest BCUT2D eigenvalue weighted by Gasteiger charge is 2.14. The largest absolute Gasteiger partial charge is 0.489 e. The molecule has 0 aliphatic heterocycles. The minimum atomic E-state index is -1.06. The van der Waals surface area contributed by atoms with Gasteiger partial charge in [-0.2, -0.15) is 0 Å². The minimum Gasteiger partial charge on any atom is -0.489 e. The van der Waals surface area contributed by atoms with Gasteiger partial charge in [0.1, 0.15) is 12.4 Å². The molecule has 82 valence electrons. The van der Waals surface area contributed by atoms with Crippen molar-refractivity contribution in [3.8, 4) is 5.75 Å². The zero-order valence-electron chi connectivity index (χ0n) is 8.60. The first-order valence-electron chi connectivity index (χ1n) is 4.42. The van der Waals surface area contributed by atoms with Crippen molar-refractivity contribution in [1.29, 1.82) is 0 Å².